The standard InChI is InChI=1S/C30H35N4O7PS/c1-6-31-30(36)34(4,43(5,38)39)23-16-14-22(15-17-23)32-28(21-12-10-9-11-13-21)27-25-20-24(18-19-26(25)33-29(27)35)42(37,40-7-2)41-8-3/h9-20H,6-8H2,1-5H3,(H2-,31,32,33,35,36,37)/p+1. The summed E-state index contributed by atoms with van der Waals surface area (Å²) < 4.78 is 49.1. The molecule has 11 nitrogen and oxygen atoms in total. The zero-order valence-electron chi connectivity index (χ0n) is 24.7. The van der Waals surface area contributed by atoms with Crippen LogP contribution in [0.15, 0.2) is 77.8 Å². The van der Waals surface area contributed by atoms with Crippen molar-refractivity contribution in [2.45, 2.75) is 20.8 Å². The van der Waals surface area contributed by atoms with Crippen molar-refractivity contribution in [1.82, 2.24) is 14.2 Å². The second-order valence-corrected chi connectivity index (χ2v) is 14.0. The Hall–Kier alpha value is -3.80. The van der Waals surface area contributed by atoms with E-state index in [1.165, 1.54) is 19.2 Å². The summed E-state index contributed by atoms with van der Waals surface area (Å²) in [4.78, 5) is 20.7. The number of urea groups is 1. The lowest BCUT2D eigenvalue weighted by molar-refractivity contribution is 0.228. The average Bonchev–Trinajstić information content (AvgIpc) is 3.30. The van der Waals surface area contributed by atoms with Crippen LogP contribution in [0, 0.1) is 0 Å². The second-order valence-electron chi connectivity index (χ2n) is 9.75. The summed E-state index contributed by atoms with van der Waals surface area (Å²) in [5, 5.41) is 14.6. The Labute approximate surface area is 251 Å². The number of carbonyl (C=O) groups excluding carboxylic acids is 1. The van der Waals surface area contributed by atoms with E-state index in [4.69, 9.17) is 14.0 Å². The molecular formula is C30H36N4O7PS+. The number of aromatic hydroxyl groups is 1. The highest BCUT2D eigenvalue weighted by molar-refractivity contribution is 7.90. The van der Waals surface area contributed by atoms with Gasteiger partial charge in [-0.2, -0.15) is 8.42 Å². The number of amides is 2. The van der Waals surface area contributed by atoms with Crippen LogP contribution in [0.3, 0.4) is 0 Å². The summed E-state index contributed by atoms with van der Waals surface area (Å²) >= 11 is 0. The minimum atomic E-state index is -3.90. The summed E-state index contributed by atoms with van der Waals surface area (Å²) in [6, 6.07) is 19.8. The monoisotopic (exact) mass is 627 g/mol. The summed E-state index contributed by atoms with van der Waals surface area (Å²) in [5.41, 5.74) is 2.71. The fourth-order valence-corrected chi connectivity index (χ4v) is 7.13. The first-order valence-corrected chi connectivity index (χ1v) is 17.1. The summed E-state index contributed by atoms with van der Waals surface area (Å²) in [7, 11) is -6.20. The van der Waals surface area contributed by atoms with Crippen molar-refractivity contribution >= 4 is 56.9 Å². The molecule has 3 aromatic carbocycles. The van der Waals surface area contributed by atoms with Gasteiger partial charge < -0.3 is 24.5 Å². The predicted molar refractivity (Wildman–Crippen MR) is 170 cm³/mol. The lowest BCUT2D eigenvalue weighted by Crippen LogP contribution is -2.58. The van der Waals surface area contributed by atoms with Gasteiger partial charge in [0.1, 0.15) is 0 Å². The summed E-state index contributed by atoms with van der Waals surface area (Å²) in [5.74, 6) is -0.147. The van der Waals surface area contributed by atoms with E-state index in [-0.39, 0.29) is 31.3 Å². The van der Waals surface area contributed by atoms with Crippen molar-refractivity contribution in [3.05, 3.63) is 83.9 Å². The molecule has 13 heteroatoms. The fraction of sp³-hybridized carbons (Fsp3) is 0.267. The van der Waals surface area contributed by atoms with Gasteiger partial charge in [-0.05, 0) is 51.1 Å². The Morgan fingerprint density at radius 1 is 1.00 bits per heavy atom. The van der Waals surface area contributed by atoms with Crippen LogP contribution >= 0.6 is 7.60 Å². The van der Waals surface area contributed by atoms with Gasteiger partial charge in [0.15, 0.2) is 11.6 Å². The lowest BCUT2D eigenvalue weighted by Gasteiger charge is -2.27. The van der Waals surface area contributed by atoms with Crippen LogP contribution < -0.4 is 14.5 Å². The van der Waals surface area contributed by atoms with Crippen LogP contribution in [0.5, 0.6) is 5.88 Å². The highest BCUT2D eigenvalue weighted by Gasteiger charge is 2.44. The third kappa shape index (κ3) is 6.29. The number of quaternary nitrogens is 1. The Kier molecular flexibility index (Phi) is 9.58. The number of H-pyrrole nitrogens is 1. The van der Waals surface area contributed by atoms with Crippen molar-refractivity contribution < 1.29 is 31.9 Å². The first-order valence-electron chi connectivity index (χ1n) is 13.7. The first kappa shape index (κ1) is 32.1. The SMILES string of the molecule is CCNC(=O)[N+](C)(c1ccc(N=C(c2ccccc2)c2c(O)[nH]c3ccc(P(=O)(OCC)OCC)cc23)cc1)S(C)(=O)=O. The normalized spacial score (nSPS) is 14.0. The van der Waals surface area contributed by atoms with E-state index in [0.29, 0.717) is 38.7 Å². The molecule has 0 fully saturated rings. The fourth-order valence-electron chi connectivity index (χ4n) is 4.66. The van der Waals surface area contributed by atoms with E-state index >= 15 is 0 Å². The highest BCUT2D eigenvalue weighted by atomic mass is 32.2. The van der Waals surface area contributed by atoms with Gasteiger partial charge in [0.2, 0.25) is 0 Å². The van der Waals surface area contributed by atoms with Gasteiger partial charge in [0, 0.05) is 35.1 Å². The number of carbonyl (C=O) groups is 1. The largest absolute Gasteiger partial charge is 0.494 e. The maximum atomic E-state index is 13.6. The van der Waals surface area contributed by atoms with Gasteiger partial charge in [-0.15, -0.1) is 3.89 Å². The Balaban J connectivity index is 1.90. The molecule has 0 spiro atoms. The van der Waals surface area contributed by atoms with Crippen LogP contribution in [-0.4, -0.2) is 63.3 Å². The molecule has 3 N–H and O–H groups in total. The van der Waals surface area contributed by atoms with E-state index in [2.05, 4.69) is 10.3 Å². The number of sulfonamides is 1. The summed E-state index contributed by atoms with van der Waals surface area (Å²) in [6.07, 6.45) is 1.01. The first-order chi connectivity index (χ1) is 20.4. The van der Waals surface area contributed by atoms with E-state index in [9.17, 15) is 22.9 Å². The molecule has 43 heavy (non-hydrogen) atoms. The predicted octanol–water partition coefficient (Wildman–Crippen LogP) is 5.56. The third-order valence-electron chi connectivity index (χ3n) is 6.92. The zero-order chi connectivity index (χ0) is 31.4. The minimum Gasteiger partial charge on any atom is -0.494 e. The van der Waals surface area contributed by atoms with Crippen LogP contribution in [0.25, 0.3) is 10.9 Å². The molecule has 4 aromatic rings. The molecule has 0 aliphatic heterocycles. The number of benzene rings is 3. The third-order valence-corrected chi connectivity index (χ3v) is 10.7. The van der Waals surface area contributed by atoms with E-state index < -0.39 is 27.5 Å². The van der Waals surface area contributed by atoms with Gasteiger partial charge >= 0.3 is 23.7 Å². The maximum absolute atomic E-state index is 13.6. The number of hydrogen-bond donors (Lipinski definition) is 3. The number of aromatic amines is 1. The Morgan fingerprint density at radius 2 is 1.63 bits per heavy atom. The smallest absolute Gasteiger partial charge is 0.436 e. The molecule has 0 bridgehead atoms. The Bertz CT molecular complexity index is 1800. The van der Waals surface area contributed by atoms with Gasteiger partial charge in [0.25, 0.3) is 0 Å². The van der Waals surface area contributed by atoms with Crippen molar-refractivity contribution in [3.8, 4) is 5.88 Å². The van der Waals surface area contributed by atoms with Crippen LogP contribution in [0.1, 0.15) is 31.9 Å². The van der Waals surface area contributed by atoms with Crippen molar-refractivity contribution in [2.24, 2.45) is 4.99 Å². The van der Waals surface area contributed by atoms with Crippen molar-refractivity contribution in [1.29, 1.82) is 0 Å². The number of nitrogens with zero attached hydrogens (tertiary/aromatic N) is 2. The van der Waals surface area contributed by atoms with E-state index in [1.807, 2.05) is 30.3 Å². The van der Waals surface area contributed by atoms with Gasteiger partial charge in [0.05, 0.1) is 48.8 Å². The number of aliphatic imine (C=N–C) groups is 1. The molecule has 1 heterocycles. The molecule has 0 saturated heterocycles. The average molecular weight is 628 g/mol. The van der Waals surface area contributed by atoms with Crippen molar-refractivity contribution in [2.75, 3.05) is 33.1 Å². The number of hydrogen-bond acceptors (Lipinski definition) is 8. The number of fused-ring (bicyclic) bond motifs is 1. The Morgan fingerprint density at radius 3 is 2.19 bits per heavy atom. The summed E-state index contributed by atoms with van der Waals surface area (Å²) in [6.45, 7) is 5.82. The number of aromatic nitrogens is 1. The van der Waals surface area contributed by atoms with E-state index in [0.717, 1.165) is 6.26 Å². The molecule has 1 atom stereocenters. The van der Waals surface area contributed by atoms with Gasteiger partial charge in [-0.3, -0.25) is 4.57 Å². The number of rotatable bonds is 11. The maximum Gasteiger partial charge on any atom is 0.436 e. The van der Waals surface area contributed by atoms with Crippen LogP contribution in [0.2, 0.25) is 0 Å². The second kappa shape index (κ2) is 12.8. The zero-order valence-corrected chi connectivity index (χ0v) is 26.4. The molecular weight excluding hydrogens is 591 g/mol. The molecule has 4 rings (SSSR count). The molecule has 2 amide bonds. The molecule has 0 aliphatic carbocycles. The molecule has 228 valence electrons. The quantitative estimate of drug-likeness (QED) is 0.112. The minimum absolute atomic E-state index is 0.147. The highest BCUT2D eigenvalue weighted by Crippen LogP contribution is 2.47. The molecule has 1 unspecified atom stereocenters. The molecule has 0 aliphatic rings. The number of nitrogens with one attached hydrogen (secondary N) is 2. The van der Waals surface area contributed by atoms with Crippen molar-refractivity contribution in [3.63, 3.8) is 0 Å². The molecule has 0 radical (unpaired) electrons. The van der Waals surface area contributed by atoms with Crippen LogP contribution in [0.4, 0.5) is 16.2 Å². The van der Waals surface area contributed by atoms with Gasteiger partial charge in [-0.25, -0.2) is 9.79 Å². The lowest BCUT2D eigenvalue weighted by atomic mass is 10.0. The van der Waals surface area contributed by atoms with Crippen LogP contribution in [-0.2, 0) is 23.6 Å². The van der Waals surface area contributed by atoms with Gasteiger partial charge in [-0.1, -0.05) is 30.3 Å². The molecule has 0 saturated carbocycles. The van der Waals surface area contributed by atoms with E-state index in [1.54, 1.807) is 51.1 Å². The molecule has 1 aromatic heterocycles. The topological polar surface area (TPSA) is 147 Å².